The van der Waals surface area contributed by atoms with Crippen LogP contribution >= 0.6 is 11.3 Å². The smallest absolute Gasteiger partial charge is 0.153 e. The zero-order valence-corrected chi connectivity index (χ0v) is 10.5. The van der Waals surface area contributed by atoms with E-state index in [-0.39, 0.29) is 0 Å². The highest BCUT2D eigenvalue weighted by atomic mass is 32.1. The number of thiazole rings is 1. The Morgan fingerprint density at radius 1 is 1.17 bits per heavy atom. The third kappa shape index (κ3) is 1.96. The van der Waals surface area contributed by atoms with Crippen LogP contribution in [0.1, 0.15) is 5.56 Å². The van der Waals surface area contributed by atoms with Gasteiger partial charge in [0.25, 0.3) is 0 Å². The molecule has 4 heteroatoms. The van der Waals surface area contributed by atoms with Crippen molar-refractivity contribution in [2.75, 3.05) is 0 Å². The number of rotatable bonds is 3. The Kier molecular flexibility index (Phi) is 2.96. The topological polar surface area (TPSA) is 52.0 Å². The Balaban J connectivity index is 2.03. The Bertz CT molecular complexity index is 643. The number of nitrogens with two attached hydrogens (primary N) is 1. The molecule has 1 aromatic carbocycles. The molecule has 0 atom stereocenters. The summed E-state index contributed by atoms with van der Waals surface area (Å²) in [7, 11) is 0. The summed E-state index contributed by atoms with van der Waals surface area (Å²) >= 11 is 1.60. The Labute approximate surface area is 109 Å². The lowest BCUT2D eigenvalue weighted by molar-refractivity contribution is 0.580. The molecule has 0 saturated heterocycles. The maximum Gasteiger partial charge on any atom is 0.153 e. The van der Waals surface area contributed by atoms with E-state index >= 15 is 0 Å². The Morgan fingerprint density at radius 2 is 2.06 bits per heavy atom. The summed E-state index contributed by atoms with van der Waals surface area (Å²) in [6, 6.07) is 11.8. The van der Waals surface area contributed by atoms with Gasteiger partial charge in [0.05, 0.1) is 6.26 Å². The van der Waals surface area contributed by atoms with Gasteiger partial charge in [0, 0.05) is 17.5 Å². The summed E-state index contributed by atoms with van der Waals surface area (Å²) < 4.78 is 5.34. The van der Waals surface area contributed by atoms with Gasteiger partial charge in [-0.2, -0.15) is 0 Å². The maximum atomic E-state index is 5.75. The van der Waals surface area contributed by atoms with Crippen LogP contribution in [0.2, 0.25) is 0 Å². The molecule has 0 aliphatic heterocycles. The number of nitrogens with zero attached hydrogens (tertiary/aromatic N) is 1. The molecule has 2 aromatic heterocycles. The van der Waals surface area contributed by atoms with Crippen molar-refractivity contribution in [3.8, 4) is 22.0 Å². The van der Waals surface area contributed by atoms with E-state index in [0.29, 0.717) is 6.54 Å². The minimum Gasteiger partial charge on any atom is -0.463 e. The van der Waals surface area contributed by atoms with Crippen LogP contribution in [0.15, 0.2) is 52.5 Å². The first-order chi connectivity index (χ1) is 8.88. The van der Waals surface area contributed by atoms with Crippen LogP contribution in [0.3, 0.4) is 0 Å². The molecule has 0 radical (unpaired) electrons. The molecule has 3 rings (SSSR count). The zero-order chi connectivity index (χ0) is 12.4. The van der Waals surface area contributed by atoms with Gasteiger partial charge in [-0.25, -0.2) is 4.98 Å². The fourth-order valence-corrected chi connectivity index (χ4v) is 2.71. The second kappa shape index (κ2) is 4.76. The quantitative estimate of drug-likeness (QED) is 0.780. The number of hydrogen-bond acceptors (Lipinski definition) is 4. The van der Waals surface area contributed by atoms with Gasteiger partial charge >= 0.3 is 0 Å². The number of furan rings is 1. The predicted molar refractivity (Wildman–Crippen MR) is 73.1 cm³/mol. The van der Waals surface area contributed by atoms with Gasteiger partial charge in [-0.3, -0.25) is 0 Å². The molecule has 0 amide bonds. The second-order valence-corrected chi connectivity index (χ2v) is 4.73. The van der Waals surface area contributed by atoms with Crippen molar-refractivity contribution in [3.05, 3.63) is 53.6 Å². The van der Waals surface area contributed by atoms with Crippen molar-refractivity contribution >= 4 is 11.3 Å². The molecule has 0 aliphatic rings. The lowest BCUT2D eigenvalue weighted by Crippen LogP contribution is -1.98. The summed E-state index contributed by atoms with van der Waals surface area (Å²) in [6.07, 6.45) is 1.65. The maximum absolute atomic E-state index is 5.75. The average molecular weight is 256 g/mol. The molecule has 0 fully saturated rings. The van der Waals surface area contributed by atoms with Crippen molar-refractivity contribution in [2.45, 2.75) is 6.54 Å². The van der Waals surface area contributed by atoms with Gasteiger partial charge in [-0.05, 0) is 17.7 Å². The molecule has 0 saturated carbocycles. The highest BCUT2D eigenvalue weighted by Crippen LogP contribution is 2.30. The summed E-state index contributed by atoms with van der Waals surface area (Å²) in [5.41, 5.74) is 8.82. The van der Waals surface area contributed by atoms with Crippen LogP contribution in [-0.4, -0.2) is 4.98 Å². The fraction of sp³-hybridized carbons (Fsp3) is 0.0714. The molecule has 90 valence electrons. The molecule has 0 spiro atoms. The van der Waals surface area contributed by atoms with Crippen LogP contribution in [0, 0.1) is 0 Å². The van der Waals surface area contributed by atoms with Gasteiger partial charge in [0.1, 0.15) is 10.7 Å². The van der Waals surface area contributed by atoms with E-state index in [9.17, 15) is 0 Å². The normalized spacial score (nSPS) is 10.7. The second-order valence-electron chi connectivity index (χ2n) is 3.88. The standard InChI is InChI=1S/C14H12N2OS/c15-8-10-4-1-2-5-11(10)14-16-12(9-18-14)13-6-3-7-17-13/h1-7,9H,8,15H2. The van der Waals surface area contributed by atoms with Gasteiger partial charge in [0.15, 0.2) is 5.76 Å². The van der Waals surface area contributed by atoms with Crippen LogP contribution in [-0.2, 0) is 6.54 Å². The third-order valence-corrected chi connectivity index (χ3v) is 3.62. The third-order valence-electron chi connectivity index (χ3n) is 2.75. The molecule has 18 heavy (non-hydrogen) atoms. The van der Waals surface area contributed by atoms with E-state index in [1.165, 1.54) is 0 Å². The SMILES string of the molecule is NCc1ccccc1-c1nc(-c2ccco2)cs1. The summed E-state index contributed by atoms with van der Waals surface area (Å²) in [6.45, 7) is 0.520. The molecular weight excluding hydrogens is 244 g/mol. The van der Waals surface area contributed by atoms with Crippen molar-refractivity contribution in [3.63, 3.8) is 0 Å². The van der Waals surface area contributed by atoms with Gasteiger partial charge in [0.2, 0.25) is 0 Å². The minimum absolute atomic E-state index is 0.520. The largest absolute Gasteiger partial charge is 0.463 e. The number of benzene rings is 1. The first kappa shape index (κ1) is 11.2. The minimum atomic E-state index is 0.520. The van der Waals surface area contributed by atoms with E-state index < -0.39 is 0 Å². The fourth-order valence-electron chi connectivity index (χ4n) is 1.84. The highest BCUT2D eigenvalue weighted by Gasteiger charge is 2.10. The van der Waals surface area contributed by atoms with E-state index in [1.54, 1.807) is 17.6 Å². The van der Waals surface area contributed by atoms with Crippen molar-refractivity contribution in [1.29, 1.82) is 0 Å². The predicted octanol–water partition coefficient (Wildman–Crippen LogP) is 3.53. The van der Waals surface area contributed by atoms with E-state index in [2.05, 4.69) is 4.98 Å². The van der Waals surface area contributed by atoms with Crippen LogP contribution in [0.4, 0.5) is 0 Å². The average Bonchev–Trinajstić information content (AvgIpc) is 3.09. The molecular formula is C14H12N2OS. The van der Waals surface area contributed by atoms with Gasteiger partial charge < -0.3 is 10.2 Å². The Morgan fingerprint density at radius 3 is 2.83 bits per heavy atom. The first-order valence-corrected chi connectivity index (χ1v) is 6.54. The summed E-state index contributed by atoms with van der Waals surface area (Å²) in [5, 5.41) is 2.98. The Hall–Kier alpha value is -1.91. The summed E-state index contributed by atoms with van der Waals surface area (Å²) in [4.78, 5) is 4.60. The van der Waals surface area contributed by atoms with E-state index in [1.807, 2.05) is 41.8 Å². The highest BCUT2D eigenvalue weighted by molar-refractivity contribution is 7.13. The monoisotopic (exact) mass is 256 g/mol. The molecule has 0 bridgehead atoms. The van der Waals surface area contributed by atoms with Gasteiger partial charge in [-0.15, -0.1) is 11.3 Å². The van der Waals surface area contributed by atoms with Crippen molar-refractivity contribution in [2.24, 2.45) is 5.73 Å². The molecule has 2 N–H and O–H groups in total. The zero-order valence-electron chi connectivity index (χ0n) is 9.67. The molecule has 0 unspecified atom stereocenters. The van der Waals surface area contributed by atoms with Crippen LogP contribution in [0.5, 0.6) is 0 Å². The molecule has 0 aliphatic carbocycles. The van der Waals surface area contributed by atoms with Crippen molar-refractivity contribution in [1.82, 2.24) is 4.98 Å². The number of aromatic nitrogens is 1. The number of hydrogen-bond donors (Lipinski definition) is 1. The first-order valence-electron chi connectivity index (χ1n) is 5.66. The molecule has 2 heterocycles. The molecule has 3 nitrogen and oxygen atoms in total. The summed E-state index contributed by atoms with van der Waals surface area (Å²) in [5.74, 6) is 0.794. The molecule has 3 aromatic rings. The lowest BCUT2D eigenvalue weighted by Gasteiger charge is -2.03. The van der Waals surface area contributed by atoms with E-state index in [0.717, 1.165) is 27.6 Å². The van der Waals surface area contributed by atoms with Crippen LogP contribution in [0.25, 0.3) is 22.0 Å². The van der Waals surface area contributed by atoms with Gasteiger partial charge in [-0.1, -0.05) is 24.3 Å². The van der Waals surface area contributed by atoms with E-state index in [4.69, 9.17) is 10.2 Å². The lowest BCUT2D eigenvalue weighted by atomic mass is 10.1. The van der Waals surface area contributed by atoms with Crippen molar-refractivity contribution < 1.29 is 4.42 Å². The van der Waals surface area contributed by atoms with Crippen LogP contribution < -0.4 is 5.73 Å².